The lowest BCUT2D eigenvalue weighted by Crippen LogP contribution is -2.38. The number of nitro groups is 1. The molecule has 160 valence electrons. The minimum Gasteiger partial charge on any atom is -0.426 e. The van der Waals surface area contributed by atoms with Crippen LogP contribution in [0.2, 0.25) is 5.02 Å². The van der Waals surface area contributed by atoms with Gasteiger partial charge in [0.15, 0.2) is 0 Å². The Hall–Kier alpha value is -2.88. The number of benzene rings is 1. The zero-order valence-electron chi connectivity index (χ0n) is 15.8. The SMILES string of the molecule is Cc1cc(OC(=O)C2CCN(c3ncc(C(F)(F)F)cc3Cl)CC2)ccc1[N+](=O)[O-]. The summed E-state index contributed by atoms with van der Waals surface area (Å²) in [4.78, 5) is 28.3. The van der Waals surface area contributed by atoms with E-state index in [-0.39, 0.29) is 22.3 Å². The van der Waals surface area contributed by atoms with Crippen LogP contribution in [0.3, 0.4) is 0 Å². The molecule has 3 rings (SSSR count). The van der Waals surface area contributed by atoms with Crippen LogP contribution in [0, 0.1) is 23.0 Å². The van der Waals surface area contributed by atoms with Crippen molar-refractivity contribution in [1.29, 1.82) is 0 Å². The molecule has 1 saturated heterocycles. The second-order valence-electron chi connectivity index (χ2n) is 6.92. The lowest BCUT2D eigenvalue weighted by molar-refractivity contribution is -0.385. The number of aromatic nitrogens is 1. The summed E-state index contributed by atoms with van der Waals surface area (Å²) in [6.45, 7) is 2.29. The molecule has 1 aliphatic heterocycles. The number of ether oxygens (including phenoxy) is 1. The monoisotopic (exact) mass is 443 g/mol. The van der Waals surface area contributed by atoms with Crippen LogP contribution in [0.25, 0.3) is 0 Å². The van der Waals surface area contributed by atoms with Gasteiger partial charge < -0.3 is 9.64 Å². The molecule has 0 atom stereocenters. The van der Waals surface area contributed by atoms with Crippen LogP contribution >= 0.6 is 11.6 Å². The summed E-state index contributed by atoms with van der Waals surface area (Å²) in [6, 6.07) is 4.90. The highest BCUT2D eigenvalue weighted by Gasteiger charge is 2.33. The summed E-state index contributed by atoms with van der Waals surface area (Å²) in [5.41, 5.74) is -0.611. The maximum Gasteiger partial charge on any atom is 0.417 e. The van der Waals surface area contributed by atoms with Gasteiger partial charge in [0.2, 0.25) is 0 Å². The van der Waals surface area contributed by atoms with Crippen LogP contribution in [-0.2, 0) is 11.0 Å². The number of anilines is 1. The number of piperidine rings is 1. The first-order valence-corrected chi connectivity index (χ1v) is 9.38. The van der Waals surface area contributed by atoms with E-state index < -0.39 is 28.6 Å². The van der Waals surface area contributed by atoms with Crippen molar-refractivity contribution in [2.24, 2.45) is 5.92 Å². The Morgan fingerprint density at radius 2 is 1.97 bits per heavy atom. The first-order valence-electron chi connectivity index (χ1n) is 9.00. The number of alkyl halides is 3. The van der Waals surface area contributed by atoms with Gasteiger partial charge in [-0.05, 0) is 38.0 Å². The van der Waals surface area contributed by atoms with Crippen molar-refractivity contribution in [3.8, 4) is 5.75 Å². The van der Waals surface area contributed by atoms with Crippen molar-refractivity contribution in [3.05, 3.63) is 56.7 Å². The Balaban J connectivity index is 1.61. The molecule has 7 nitrogen and oxygen atoms in total. The Labute approximate surface area is 174 Å². The Bertz CT molecular complexity index is 976. The van der Waals surface area contributed by atoms with E-state index in [0.717, 1.165) is 12.3 Å². The minimum atomic E-state index is -4.53. The number of rotatable bonds is 4. The number of nitro benzene ring substituents is 1. The number of esters is 1. The third kappa shape index (κ3) is 4.81. The van der Waals surface area contributed by atoms with Crippen molar-refractivity contribution in [3.63, 3.8) is 0 Å². The number of nitrogens with zero attached hydrogens (tertiary/aromatic N) is 3. The summed E-state index contributed by atoms with van der Waals surface area (Å²) >= 11 is 5.98. The number of carbonyl (C=O) groups is 1. The fraction of sp³-hybridized carbons (Fsp3) is 0.368. The number of aryl methyl sites for hydroxylation is 1. The van der Waals surface area contributed by atoms with Gasteiger partial charge in [0.1, 0.15) is 11.6 Å². The maximum absolute atomic E-state index is 12.8. The van der Waals surface area contributed by atoms with Gasteiger partial charge >= 0.3 is 12.1 Å². The van der Waals surface area contributed by atoms with Crippen molar-refractivity contribution in [2.75, 3.05) is 18.0 Å². The van der Waals surface area contributed by atoms with Crippen LogP contribution < -0.4 is 9.64 Å². The topological polar surface area (TPSA) is 85.6 Å². The van der Waals surface area contributed by atoms with E-state index in [9.17, 15) is 28.1 Å². The standard InChI is InChI=1S/C19H17ClF3N3O4/c1-11-8-14(2-3-16(11)26(28)29)30-18(27)12-4-6-25(7-5-12)17-15(20)9-13(10-24-17)19(21,22)23/h2-3,8-10,12H,4-7H2,1H3. The summed E-state index contributed by atoms with van der Waals surface area (Å²) in [5.74, 6) is -0.417. The zero-order valence-corrected chi connectivity index (χ0v) is 16.5. The third-order valence-corrected chi connectivity index (χ3v) is 5.14. The lowest BCUT2D eigenvalue weighted by atomic mass is 9.97. The number of hydrogen-bond acceptors (Lipinski definition) is 6. The number of hydrogen-bond donors (Lipinski definition) is 0. The first kappa shape index (κ1) is 21.8. The number of pyridine rings is 1. The molecule has 0 bridgehead atoms. The van der Waals surface area contributed by atoms with Gasteiger partial charge in [-0.2, -0.15) is 13.2 Å². The molecule has 0 unspecified atom stereocenters. The molecule has 0 spiro atoms. The zero-order chi connectivity index (χ0) is 22.1. The molecule has 0 N–H and O–H groups in total. The Morgan fingerprint density at radius 3 is 2.50 bits per heavy atom. The molecule has 0 amide bonds. The smallest absolute Gasteiger partial charge is 0.417 e. The highest BCUT2D eigenvalue weighted by molar-refractivity contribution is 6.33. The van der Waals surface area contributed by atoms with Crippen LogP contribution in [0.1, 0.15) is 24.0 Å². The van der Waals surface area contributed by atoms with E-state index >= 15 is 0 Å². The number of halogens is 4. The predicted molar refractivity (Wildman–Crippen MR) is 103 cm³/mol. The lowest BCUT2D eigenvalue weighted by Gasteiger charge is -2.32. The van der Waals surface area contributed by atoms with Crippen LogP contribution in [0.15, 0.2) is 30.5 Å². The molecule has 2 heterocycles. The van der Waals surface area contributed by atoms with E-state index in [4.69, 9.17) is 16.3 Å². The fourth-order valence-electron chi connectivity index (χ4n) is 3.24. The summed E-state index contributed by atoms with van der Waals surface area (Å²) in [7, 11) is 0. The van der Waals surface area contributed by atoms with Gasteiger partial charge in [-0.15, -0.1) is 0 Å². The molecule has 1 fully saturated rings. The summed E-state index contributed by atoms with van der Waals surface area (Å²) < 4.78 is 43.6. The highest BCUT2D eigenvalue weighted by atomic mass is 35.5. The molecule has 0 radical (unpaired) electrons. The largest absolute Gasteiger partial charge is 0.426 e. The molecule has 1 aromatic carbocycles. The van der Waals surface area contributed by atoms with Gasteiger partial charge in [0, 0.05) is 30.9 Å². The Morgan fingerprint density at radius 1 is 1.30 bits per heavy atom. The first-order chi connectivity index (χ1) is 14.1. The summed E-state index contributed by atoms with van der Waals surface area (Å²) in [6.07, 6.45) is -2.98. The van der Waals surface area contributed by atoms with Crippen molar-refractivity contribution < 1.29 is 27.6 Å². The fourth-order valence-corrected chi connectivity index (χ4v) is 3.53. The van der Waals surface area contributed by atoms with E-state index in [1.807, 2.05) is 0 Å². The van der Waals surface area contributed by atoms with Gasteiger partial charge in [0.25, 0.3) is 5.69 Å². The predicted octanol–water partition coefficient (Wildman–Crippen LogP) is 4.79. The number of carbonyl (C=O) groups excluding carboxylic acids is 1. The van der Waals surface area contributed by atoms with Gasteiger partial charge in [-0.1, -0.05) is 11.6 Å². The van der Waals surface area contributed by atoms with Gasteiger partial charge in [-0.3, -0.25) is 14.9 Å². The highest BCUT2D eigenvalue weighted by Crippen LogP contribution is 2.35. The minimum absolute atomic E-state index is 0.0657. The average molecular weight is 444 g/mol. The van der Waals surface area contributed by atoms with E-state index in [1.165, 1.54) is 18.2 Å². The quantitative estimate of drug-likeness (QED) is 0.292. The normalized spacial score (nSPS) is 15.2. The molecular formula is C19H17ClF3N3O4. The van der Waals surface area contributed by atoms with Gasteiger partial charge in [0.05, 0.1) is 21.4 Å². The molecular weight excluding hydrogens is 427 g/mol. The third-order valence-electron chi connectivity index (χ3n) is 4.86. The van der Waals surface area contributed by atoms with E-state index in [2.05, 4.69) is 4.98 Å². The average Bonchev–Trinajstić information content (AvgIpc) is 2.67. The van der Waals surface area contributed by atoms with Crippen molar-refractivity contribution in [1.82, 2.24) is 4.98 Å². The summed E-state index contributed by atoms with van der Waals surface area (Å²) in [5, 5.41) is 10.8. The van der Waals surface area contributed by atoms with E-state index in [0.29, 0.717) is 31.5 Å². The maximum atomic E-state index is 12.8. The molecule has 1 aliphatic rings. The Kier molecular flexibility index (Phi) is 6.16. The van der Waals surface area contributed by atoms with E-state index in [1.54, 1.807) is 11.8 Å². The molecule has 0 saturated carbocycles. The van der Waals surface area contributed by atoms with Crippen LogP contribution in [-0.4, -0.2) is 29.0 Å². The van der Waals surface area contributed by atoms with Gasteiger partial charge in [-0.25, -0.2) is 4.98 Å². The molecule has 11 heteroatoms. The molecule has 1 aromatic heterocycles. The van der Waals surface area contributed by atoms with Crippen molar-refractivity contribution >= 4 is 29.1 Å². The van der Waals surface area contributed by atoms with Crippen molar-refractivity contribution in [2.45, 2.75) is 25.9 Å². The van der Waals surface area contributed by atoms with Crippen LogP contribution in [0.4, 0.5) is 24.7 Å². The second kappa shape index (κ2) is 8.47. The molecule has 2 aromatic rings. The van der Waals surface area contributed by atoms with Crippen LogP contribution in [0.5, 0.6) is 5.75 Å². The second-order valence-corrected chi connectivity index (χ2v) is 7.32. The molecule has 30 heavy (non-hydrogen) atoms. The molecule has 0 aliphatic carbocycles.